The molecule has 2 aromatic rings. The van der Waals surface area contributed by atoms with Gasteiger partial charge in [0.2, 0.25) is 5.78 Å². The van der Waals surface area contributed by atoms with Crippen LogP contribution in [0.4, 0.5) is 5.82 Å². The van der Waals surface area contributed by atoms with Crippen molar-refractivity contribution in [2.75, 3.05) is 12.3 Å². The standard InChI is InChI=1S/C18H18ClN3O5/c1-2-8-22-16(20)15(17(25)21-18(22)26)13(23)10-27-14(24)7-6-11-4-3-5-12(19)9-11/h3-7,9H,2,8,10,20H2,1H3,(H,21,25,26)/b7-6+. The molecule has 1 aromatic carbocycles. The third-order valence-corrected chi connectivity index (χ3v) is 3.81. The fourth-order valence-corrected chi connectivity index (χ4v) is 2.53. The Labute approximate surface area is 159 Å². The monoisotopic (exact) mass is 391 g/mol. The van der Waals surface area contributed by atoms with E-state index in [0.29, 0.717) is 17.0 Å². The number of nitrogens with two attached hydrogens (primary N) is 1. The molecular weight excluding hydrogens is 374 g/mol. The number of nitrogen functional groups attached to an aromatic ring is 1. The predicted molar refractivity (Wildman–Crippen MR) is 102 cm³/mol. The summed E-state index contributed by atoms with van der Waals surface area (Å²) in [4.78, 5) is 49.7. The van der Waals surface area contributed by atoms with Crippen molar-refractivity contribution >= 4 is 35.2 Å². The van der Waals surface area contributed by atoms with Crippen molar-refractivity contribution in [2.24, 2.45) is 0 Å². The smallest absolute Gasteiger partial charge is 0.331 e. The number of carbonyl (C=O) groups is 2. The van der Waals surface area contributed by atoms with E-state index in [0.717, 1.165) is 10.6 Å². The average Bonchev–Trinajstić information content (AvgIpc) is 2.61. The summed E-state index contributed by atoms with van der Waals surface area (Å²) >= 11 is 5.84. The van der Waals surface area contributed by atoms with E-state index in [-0.39, 0.29) is 12.4 Å². The minimum atomic E-state index is -0.916. The molecule has 0 spiro atoms. The number of halogens is 1. The molecule has 0 atom stereocenters. The van der Waals surface area contributed by atoms with Crippen molar-refractivity contribution in [3.05, 3.63) is 67.3 Å². The fourth-order valence-electron chi connectivity index (χ4n) is 2.33. The van der Waals surface area contributed by atoms with Crippen LogP contribution in [0, 0.1) is 0 Å². The van der Waals surface area contributed by atoms with E-state index in [1.165, 1.54) is 6.08 Å². The van der Waals surface area contributed by atoms with Gasteiger partial charge in [0.15, 0.2) is 6.61 Å². The summed E-state index contributed by atoms with van der Waals surface area (Å²) in [7, 11) is 0. The van der Waals surface area contributed by atoms with Gasteiger partial charge >= 0.3 is 11.7 Å². The van der Waals surface area contributed by atoms with E-state index in [1.807, 2.05) is 11.9 Å². The summed E-state index contributed by atoms with van der Waals surface area (Å²) in [6, 6.07) is 6.79. The van der Waals surface area contributed by atoms with Crippen LogP contribution in [0.15, 0.2) is 39.9 Å². The summed E-state index contributed by atoms with van der Waals surface area (Å²) in [5.41, 5.74) is 4.44. The second kappa shape index (κ2) is 9.00. The average molecular weight is 392 g/mol. The number of Topliss-reactive ketones (excluding diaryl/α,β-unsaturated/α-hetero) is 1. The van der Waals surface area contributed by atoms with Crippen molar-refractivity contribution < 1.29 is 14.3 Å². The van der Waals surface area contributed by atoms with Gasteiger partial charge in [-0.3, -0.25) is 19.1 Å². The number of anilines is 1. The quantitative estimate of drug-likeness (QED) is 0.420. The molecule has 0 radical (unpaired) electrons. The Morgan fingerprint density at radius 1 is 1.33 bits per heavy atom. The molecule has 9 heteroatoms. The summed E-state index contributed by atoms with van der Waals surface area (Å²) in [6.45, 7) is 1.37. The number of hydrogen-bond acceptors (Lipinski definition) is 6. The third kappa shape index (κ3) is 5.18. The highest BCUT2D eigenvalue weighted by Crippen LogP contribution is 2.12. The Bertz CT molecular complexity index is 1010. The van der Waals surface area contributed by atoms with Crippen molar-refractivity contribution in [1.29, 1.82) is 0 Å². The number of nitrogens with zero attached hydrogens (tertiary/aromatic N) is 1. The number of benzene rings is 1. The van der Waals surface area contributed by atoms with Crippen molar-refractivity contribution in [1.82, 2.24) is 9.55 Å². The number of ether oxygens (including phenoxy) is 1. The summed E-state index contributed by atoms with van der Waals surface area (Å²) in [5.74, 6) is -1.83. The first-order valence-corrected chi connectivity index (χ1v) is 8.47. The van der Waals surface area contributed by atoms with Gasteiger partial charge in [-0.15, -0.1) is 0 Å². The summed E-state index contributed by atoms with van der Waals surface area (Å²) in [5, 5.41) is 0.512. The van der Waals surface area contributed by atoms with Gasteiger partial charge in [-0.05, 0) is 30.2 Å². The van der Waals surface area contributed by atoms with Crippen LogP contribution in [0.5, 0.6) is 0 Å². The molecule has 8 nitrogen and oxygen atoms in total. The zero-order valence-electron chi connectivity index (χ0n) is 14.5. The second-order valence-electron chi connectivity index (χ2n) is 5.59. The first-order valence-electron chi connectivity index (χ1n) is 8.09. The van der Waals surface area contributed by atoms with Crippen molar-refractivity contribution in [3.63, 3.8) is 0 Å². The molecular formula is C18H18ClN3O5. The van der Waals surface area contributed by atoms with Gasteiger partial charge in [-0.2, -0.15) is 0 Å². The fraction of sp³-hybridized carbons (Fsp3) is 0.222. The van der Waals surface area contributed by atoms with Crippen LogP contribution in [-0.4, -0.2) is 27.9 Å². The van der Waals surface area contributed by atoms with Gasteiger partial charge in [0.1, 0.15) is 11.4 Å². The van der Waals surface area contributed by atoms with E-state index >= 15 is 0 Å². The molecule has 0 aliphatic carbocycles. The Hall–Kier alpha value is -3.13. The lowest BCUT2D eigenvalue weighted by Crippen LogP contribution is -2.37. The lowest BCUT2D eigenvalue weighted by Gasteiger charge is -2.10. The Morgan fingerprint density at radius 3 is 2.74 bits per heavy atom. The lowest BCUT2D eigenvalue weighted by atomic mass is 10.2. The topological polar surface area (TPSA) is 124 Å². The minimum absolute atomic E-state index is 0.240. The van der Waals surface area contributed by atoms with E-state index in [1.54, 1.807) is 24.3 Å². The van der Waals surface area contributed by atoms with E-state index in [4.69, 9.17) is 22.1 Å². The highest BCUT2D eigenvalue weighted by Gasteiger charge is 2.20. The maximum atomic E-state index is 12.2. The third-order valence-electron chi connectivity index (χ3n) is 3.57. The van der Waals surface area contributed by atoms with Gasteiger partial charge in [-0.25, -0.2) is 9.59 Å². The number of hydrogen-bond donors (Lipinski definition) is 2. The zero-order valence-corrected chi connectivity index (χ0v) is 15.3. The summed E-state index contributed by atoms with van der Waals surface area (Å²) < 4.78 is 5.94. The molecule has 0 bridgehead atoms. The number of aromatic amines is 1. The highest BCUT2D eigenvalue weighted by molar-refractivity contribution is 6.30. The van der Waals surface area contributed by atoms with Crippen LogP contribution in [-0.2, 0) is 16.1 Å². The first-order chi connectivity index (χ1) is 12.8. The largest absolute Gasteiger partial charge is 0.454 e. The molecule has 0 saturated heterocycles. The zero-order chi connectivity index (χ0) is 20.0. The molecule has 0 fully saturated rings. The maximum absolute atomic E-state index is 12.2. The molecule has 2 rings (SSSR count). The lowest BCUT2D eigenvalue weighted by molar-refractivity contribution is -0.136. The Balaban J connectivity index is 2.09. The second-order valence-corrected chi connectivity index (χ2v) is 6.03. The highest BCUT2D eigenvalue weighted by atomic mass is 35.5. The molecule has 142 valence electrons. The number of carbonyl (C=O) groups excluding carboxylic acids is 2. The van der Waals surface area contributed by atoms with Crippen molar-refractivity contribution in [3.8, 4) is 0 Å². The first kappa shape index (κ1) is 20.2. The number of H-pyrrole nitrogens is 1. The van der Waals surface area contributed by atoms with Gasteiger partial charge in [0.25, 0.3) is 5.56 Å². The van der Waals surface area contributed by atoms with Gasteiger partial charge in [-0.1, -0.05) is 30.7 Å². The normalized spacial score (nSPS) is 10.9. The van der Waals surface area contributed by atoms with Gasteiger partial charge in [0, 0.05) is 17.6 Å². The Morgan fingerprint density at radius 2 is 2.07 bits per heavy atom. The maximum Gasteiger partial charge on any atom is 0.331 e. The summed E-state index contributed by atoms with van der Waals surface area (Å²) in [6.07, 6.45) is 3.18. The van der Waals surface area contributed by atoms with Crippen molar-refractivity contribution in [2.45, 2.75) is 19.9 Å². The molecule has 0 saturated carbocycles. The molecule has 0 amide bonds. The van der Waals surface area contributed by atoms with Crippen LogP contribution >= 0.6 is 11.6 Å². The molecule has 0 aliphatic rings. The van der Waals surface area contributed by atoms with Gasteiger partial charge in [0.05, 0.1) is 0 Å². The molecule has 0 aliphatic heterocycles. The van der Waals surface area contributed by atoms with Crippen LogP contribution in [0.3, 0.4) is 0 Å². The van der Waals surface area contributed by atoms with Crippen LogP contribution in [0.25, 0.3) is 6.08 Å². The van der Waals surface area contributed by atoms with Gasteiger partial charge < -0.3 is 10.5 Å². The Kier molecular flexibility index (Phi) is 6.73. The van der Waals surface area contributed by atoms with E-state index in [2.05, 4.69) is 0 Å². The van der Waals surface area contributed by atoms with E-state index < -0.39 is 35.2 Å². The van der Waals surface area contributed by atoms with Crippen LogP contribution in [0.1, 0.15) is 29.3 Å². The van der Waals surface area contributed by atoms with E-state index in [9.17, 15) is 19.2 Å². The predicted octanol–water partition coefficient (Wildman–Crippen LogP) is 1.62. The van der Waals surface area contributed by atoms with Crippen LogP contribution < -0.4 is 17.0 Å². The van der Waals surface area contributed by atoms with Crippen LogP contribution in [0.2, 0.25) is 5.02 Å². The molecule has 1 aromatic heterocycles. The molecule has 1 heterocycles. The number of ketones is 1. The molecule has 3 N–H and O–H groups in total. The number of esters is 1. The number of aromatic nitrogens is 2. The number of rotatable bonds is 7. The number of nitrogens with one attached hydrogen (secondary N) is 1. The molecule has 27 heavy (non-hydrogen) atoms. The SMILES string of the molecule is CCCn1c(N)c(C(=O)COC(=O)/C=C/c2cccc(Cl)c2)c(=O)[nH]c1=O. The minimum Gasteiger partial charge on any atom is -0.454 e. The molecule has 0 unspecified atom stereocenters.